The molecule has 1 aromatic heterocycles. The first-order chi connectivity index (χ1) is 18.7. The van der Waals surface area contributed by atoms with Crippen LogP contribution in [0.4, 0.5) is 5.69 Å². The molecular weight excluding hydrogens is 578 g/mol. The van der Waals surface area contributed by atoms with Crippen LogP contribution in [0.3, 0.4) is 0 Å². The third-order valence-electron chi connectivity index (χ3n) is 7.08. The lowest BCUT2D eigenvalue weighted by Crippen LogP contribution is -2.40. The molecule has 1 saturated heterocycles. The number of halogens is 1. The lowest BCUT2D eigenvalue weighted by Gasteiger charge is -2.26. The number of nitrogens with zero attached hydrogens (tertiary/aromatic N) is 3. The predicted molar refractivity (Wildman–Crippen MR) is 158 cm³/mol. The maximum absolute atomic E-state index is 14.0. The predicted octanol–water partition coefficient (Wildman–Crippen LogP) is 4.87. The quantitative estimate of drug-likeness (QED) is 0.373. The van der Waals surface area contributed by atoms with E-state index in [4.69, 9.17) is 14.5 Å². The van der Waals surface area contributed by atoms with E-state index in [1.165, 1.54) is 29.9 Å². The van der Waals surface area contributed by atoms with Crippen molar-refractivity contribution in [2.45, 2.75) is 52.7 Å². The minimum absolute atomic E-state index is 0.212. The molecule has 0 saturated carbocycles. The zero-order valence-electron chi connectivity index (χ0n) is 22.8. The molecule has 0 radical (unpaired) electrons. The molecule has 3 heterocycles. The average molecular weight is 611 g/mol. The third-order valence-corrected chi connectivity index (χ3v) is 8.56. The van der Waals surface area contributed by atoms with Crippen LogP contribution in [0, 0.1) is 6.92 Å². The SMILES string of the molecule is COc1ccc(Br)cc1[C@@H]1C(C(=O)OC(C)C)=C(C)N=c2s/c(=C\c3ccc(N4CCCC4)cc3C)c(=O)n21. The summed E-state index contributed by atoms with van der Waals surface area (Å²) in [4.78, 5) is 35.0. The van der Waals surface area contributed by atoms with Crippen molar-refractivity contribution in [2.75, 3.05) is 25.1 Å². The molecule has 9 heteroatoms. The number of benzene rings is 2. The van der Waals surface area contributed by atoms with E-state index in [0.29, 0.717) is 31.9 Å². The fraction of sp³-hybridized carbons (Fsp3) is 0.367. The van der Waals surface area contributed by atoms with Gasteiger partial charge in [0.05, 0.1) is 29.0 Å². The zero-order chi connectivity index (χ0) is 27.8. The van der Waals surface area contributed by atoms with E-state index >= 15 is 0 Å². The lowest BCUT2D eigenvalue weighted by molar-refractivity contribution is -0.143. The molecule has 0 spiro atoms. The number of aryl methyl sites for hydroxylation is 1. The Balaban J connectivity index is 1.68. The largest absolute Gasteiger partial charge is 0.496 e. The number of anilines is 1. The summed E-state index contributed by atoms with van der Waals surface area (Å²) in [6.07, 6.45) is 4.04. The molecule has 5 rings (SSSR count). The average Bonchev–Trinajstić information content (AvgIpc) is 3.52. The minimum atomic E-state index is -0.749. The van der Waals surface area contributed by atoms with E-state index in [0.717, 1.165) is 28.7 Å². The van der Waals surface area contributed by atoms with Gasteiger partial charge in [-0.05, 0) is 88.1 Å². The van der Waals surface area contributed by atoms with Crippen LogP contribution < -0.4 is 24.5 Å². The Labute approximate surface area is 240 Å². The molecule has 0 N–H and O–H groups in total. The molecule has 0 aliphatic carbocycles. The van der Waals surface area contributed by atoms with E-state index in [2.05, 4.69) is 46.0 Å². The van der Waals surface area contributed by atoms with Crippen molar-refractivity contribution < 1.29 is 14.3 Å². The van der Waals surface area contributed by atoms with Gasteiger partial charge in [0.15, 0.2) is 4.80 Å². The molecule has 39 heavy (non-hydrogen) atoms. The summed E-state index contributed by atoms with van der Waals surface area (Å²) >= 11 is 4.87. The number of hydrogen-bond donors (Lipinski definition) is 0. The van der Waals surface area contributed by atoms with Gasteiger partial charge < -0.3 is 14.4 Å². The Kier molecular flexibility index (Phi) is 7.82. The standard InChI is InChI=1S/C30H32BrN3O4S/c1-17(2)38-29(36)26-19(4)32-30-34(27(26)23-16-21(31)9-11-24(23)37-5)28(35)25(39-30)15-20-8-10-22(14-18(20)3)33-12-6-7-13-33/h8-11,14-17,27H,6-7,12-13H2,1-5H3/b25-15-/t27-/m1/s1. The molecule has 2 aromatic carbocycles. The van der Waals surface area contributed by atoms with E-state index in [-0.39, 0.29) is 11.7 Å². The van der Waals surface area contributed by atoms with Crippen LogP contribution in [0.1, 0.15) is 56.3 Å². The highest BCUT2D eigenvalue weighted by molar-refractivity contribution is 9.10. The number of carbonyl (C=O) groups excluding carboxylic acids is 1. The number of rotatable bonds is 6. The number of carbonyl (C=O) groups is 1. The Morgan fingerprint density at radius 2 is 1.90 bits per heavy atom. The zero-order valence-corrected chi connectivity index (χ0v) is 25.2. The van der Waals surface area contributed by atoms with Crippen LogP contribution in [0.25, 0.3) is 6.08 Å². The second kappa shape index (κ2) is 11.1. The van der Waals surface area contributed by atoms with Crippen molar-refractivity contribution in [2.24, 2.45) is 4.99 Å². The first-order valence-electron chi connectivity index (χ1n) is 13.1. The fourth-order valence-electron chi connectivity index (χ4n) is 5.21. The number of allylic oxidation sites excluding steroid dienone is 1. The summed E-state index contributed by atoms with van der Waals surface area (Å²) in [7, 11) is 1.58. The van der Waals surface area contributed by atoms with Crippen LogP contribution in [-0.2, 0) is 9.53 Å². The fourth-order valence-corrected chi connectivity index (χ4v) is 6.62. The third kappa shape index (κ3) is 5.34. The highest BCUT2D eigenvalue weighted by Gasteiger charge is 2.35. The number of fused-ring (bicyclic) bond motifs is 1. The van der Waals surface area contributed by atoms with Gasteiger partial charge in [-0.25, -0.2) is 9.79 Å². The van der Waals surface area contributed by atoms with Gasteiger partial charge >= 0.3 is 5.97 Å². The molecule has 2 aliphatic heterocycles. The Hall–Kier alpha value is -3.17. The smallest absolute Gasteiger partial charge is 0.338 e. The first kappa shape index (κ1) is 27.4. The Morgan fingerprint density at radius 3 is 2.56 bits per heavy atom. The molecule has 0 bridgehead atoms. The maximum Gasteiger partial charge on any atom is 0.338 e. The van der Waals surface area contributed by atoms with Crippen molar-refractivity contribution in [1.82, 2.24) is 4.57 Å². The van der Waals surface area contributed by atoms with E-state index in [9.17, 15) is 9.59 Å². The summed E-state index contributed by atoms with van der Waals surface area (Å²) in [5.41, 5.74) is 4.61. The van der Waals surface area contributed by atoms with Crippen LogP contribution in [-0.4, -0.2) is 36.8 Å². The highest BCUT2D eigenvalue weighted by atomic mass is 79.9. The Bertz CT molecular complexity index is 1650. The van der Waals surface area contributed by atoms with Crippen LogP contribution in [0.15, 0.2) is 61.9 Å². The minimum Gasteiger partial charge on any atom is -0.496 e. The molecule has 0 amide bonds. The molecular formula is C30H32BrN3O4S. The highest BCUT2D eigenvalue weighted by Crippen LogP contribution is 2.37. The van der Waals surface area contributed by atoms with Gasteiger partial charge in [-0.15, -0.1) is 0 Å². The number of esters is 1. The lowest BCUT2D eigenvalue weighted by atomic mass is 9.95. The summed E-state index contributed by atoms with van der Waals surface area (Å²) < 4.78 is 14.2. The van der Waals surface area contributed by atoms with E-state index < -0.39 is 12.0 Å². The van der Waals surface area contributed by atoms with Gasteiger partial charge in [0.2, 0.25) is 0 Å². The number of aromatic nitrogens is 1. The van der Waals surface area contributed by atoms with Crippen molar-refractivity contribution in [3.8, 4) is 5.75 Å². The van der Waals surface area contributed by atoms with Crippen LogP contribution in [0.2, 0.25) is 0 Å². The van der Waals surface area contributed by atoms with E-state index in [1.807, 2.05) is 24.3 Å². The second-order valence-corrected chi connectivity index (χ2v) is 12.1. The molecule has 204 valence electrons. The van der Waals surface area contributed by atoms with Gasteiger partial charge in [-0.3, -0.25) is 9.36 Å². The Morgan fingerprint density at radius 1 is 1.15 bits per heavy atom. The molecule has 1 atom stereocenters. The summed E-state index contributed by atoms with van der Waals surface area (Å²) in [6, 6.07) is 11.2. The van der Waals surface area contributed by atoms with E-state index in [1.54, 1.807) is 32.4 Å². The second-order valence-electron chi connectivity index (χ2n) is 10.2. The van der Waals surface area contributed by atoms with Gasteiger partial charge in [0.25, 0.3) is 5.56 Å². The van der Waals surface area contributed by atoms with Gasteiger partial charge in [0.1, 0.15) is 11.8 Å². The molecule has 2 aliphatic rings. The number of thiazole rings is 1. The van der Waals surface area contributed by atoms with Crippen molar-refractivity contribution in [3.63, 3.8) is 0 Å². The molecule has 0 unspecified atom stereocenters. The summed E-state index contributed by atoms with van der Waals surface area (Å²) in [5, 5.41) is 0. The monoisotopic (exact) mass is 609 g/mol. The van der Waals surface area contributed by atoms with Crippen LogP contribution in [0.5, 0.6) is 5.75 Å². The number of methoxy groups -OCH3 is 1. The topological polar surface area (TPSA) is 73.1 Å². The molecule has 7 nitrogen and oxygen atoms in total. The molecule has 1 fully saturated rings. The van der Waals surface area contributed by atoms with Crippen LogP contribution >= 0.6 is 27.3 Å². The summed E-state index contributed by atoms with van der Waals surface area (Å²) in [6.45, 7) is 9.62. The normalized spacial score (nSPS) is 17.5. The van der Waals surface area contributed by atoms with Crippen molar-refractivity contribution in [1.29, 1.82) is 0 Å². The van der Waals surface area contributed by atoms with Crippen molar-refractivity contribution >= 4 is 45.0 Å². The van der Waals surface area contributed by atoms with Crippen molar-refractivity contribution in [3.05, 3.63) is 88.5 Å². The summed E-state index contributed by atoms with van der Waals surface area (Å²) in [5.74, 6) is 0.0663. The number of ether oxygens (including phenoxy) is 2. The number of hydrogen-bond acceptors (Lipinski definition) is 7. The maximum atomic E-state index is 14.0. The molecule has 3 aromatic rings. The van der Waals surface area contributed by atoms with Gasteiger partial charge in [-0.1, -0.05) is 33.3 Å². The van der Waals surface area contributed by atoms with Gasteiger partial charge in [0, 0.05) is 28.8 Å². The van der Waals surface area contributed by atoms with Gasteiger partial charge in [-0.2, -0.15) is 0 Å². The first-order valence-corrected chi connectivity index (χ1v) is 14.7.